The lowest BCUT2D eigenvalue weighted by atomic mass is 10.1. The summed E-state index contributed by atoms with van der Waals surface area (Å²) in [5, 5.41) is 0. The number of nitrogens with zero attached hydrogens (tertiary/aromatic N) is 1. The third-order valence-corrected chi connectivity index (χ3v) is 3.78. The van der Waals surface area contributed by atoms with E-state index in [4.69, 9.17) is 4.42 Å². The Balaban J connectivity index is 1.60. The number of carbonyl (C=O) groups is 4. The highest BCUT2D eigenvalue weighted by atomic mass is 16.3. The number of carbonyl (C=O) groups excluding carboxylic acids is 4. The molecular formula is C17H15N3O5. The molecule has 1 aliphatic rings. The van der Waals surface area contributed by atoms with E-state index in [1.807, 2.05) is 0 Å². The SMILES string of the molecule is Cc1cc(C(=O)NNC(=O)CN2C(=O)c3ccccc3C2=O)c(C)o1. The first-order valence-corrected chi connectivity index (χ1v) is 7.50. The van der Waals surface area contributed by atoms with Crippen LogP contribution in [0.2, 0.25) is 0 Å². The van der Waals surface area contributed by atoms with Gasteiger partial charge >= 0.3 is 0 Å². The fourth-order valence-electron chi connectivity index (χ4n) is 2.62. The number of aryl methyl sites for hydroxylation is 2. The van der Waals surface area contributed by atoms with Gasteiger partial charge in [0.05, 0.1) is 16.7 Å². The quantitative estimate of drug-likeness (QED) is 0.638. The maximum Gasteiger partial charge on any atom is 0.273 e. The maximum absolute atomic E-state index is 12.2. The molecule has 0 radical (unpaired) electrons. The van der Waals surface area contributed by atoms with Gasteiger partial charge in [-0.05, 0) is 32.0 Å². The number of furan rings is 1. The van der Waals surface area contributed by atoms with Crippen molar-refractivity contribution in [2.75, 3.05) is 6.54 Å². The molecule has 0 saturated heterocycles. The molecular weight excluding hydrogens is 326 g/mol. The second-order valence-corrected chi connectivity index (χ2v) is 5.57. The molecule has 128 valence electrons. The standard InChI is InChI=1S/C17H15N3O5/c1-9-7-13(10(2)25-9)15(22)19-18-14(21)8-20-16(23)11-5-3-4-6-12(11)17(20)24/h3-7H,8H2,1-2H3,(H,18,21)(H,19,22). The van der Waals surface area contributed by atoms with Crippen molar-refractivity contribution < 1.29 is 23.6 Å². The Morgan fingerprint density at radius 3 is 2.16 bits per heavy atom. The number of benzene rings is 1. The summed E-state index contributed by atoms with van der Waals surface area (Å²) >= 11 is 0. The molecule has 8 nitrogen and oxygen atoms in total. The molecule has 1 aliphatic heterocycles. The summed E-state index contributed by atoms with van der Waals surface area (Å²) < 4.78 is 5.24. The van der Waals surface area contributed by atoms with Crippen LogP contribution in [-0.4, -0.2) is 35.1 Å². The number of fused-ring (bicyclic) bond motifs is 1. The predicted octanol–water partition coefficient (Wildman–Crippen LogP) is 0.954. The molecule has 0 unspecified atom stereocenters. The average molecular weight is 341 g/mol. The zero-order chi connectivity index (χ0) is 18.1. The molecule has 1 aromatic carbocycles. The minimum atomic E-state index is -0.694. The van der Waals surface area contributed by atoms with E-state index in [-0.39, 0.29) is 11.1 Å². The van der Waals surface area contributed by atoms with Crippen LogP contribution in [0.5, 0.6) is 0 Å². The highest BCUT2D eigenvalue weighted by Crippen LogP contribution is 2.21. The van der Waals surface area contributed by atoms with Crippen molar-refractivity contribution in [3.05, 3.63) is 58.5 Å². The minimum Gasteiger partial charge on any atom is -0.466 e. The van der Waals surface area contributed by atoms with Gasteiger partial charge < -0.3 is 4.42 Å². The molecule has 0 atom stereocenters. The van der Waals surface area contributed by atoms with E-state index in [1.165, 1.54) is 12.1 Å². The van der Waals surface area contributed by atoms with E-state index < -0.39 is 30.2 Å². The van der Waals surface area contributed by atoms with Crippen molar-refractivity contribution in [3.63, 3.8) is 0 Å². The fourth-order valence-corrected chi connectivity index (χ4v) is 2.62. The monoisotopic (exact) mass is 341 g/mol. The second kappa shape index (κ2) is 6.23. The van der Waals surface area contributed by atoms with E-state index in [2.05, 4.69) is 10.9 Å². The van der Waals surface area contributed by atoms with Crippen LogP contribution < -0.4 is 10.9 Å². The van der Waals surface area contributed by atoms with Crippen molar-refractivity contribution in [3.8, 4) is 0 Å². The smallest absolute Gasteiger partial charge is 0.273 e. The lowest BCUT2D eigenvalue weighted by molar-refractivity contribution is -0.122. The highest BCUT2D eigenvalue weighted by molar-refractivity contribution is 6.22. The maximum atomic E-state index is 12.2. The molecule has 8 heteroatoms. The van der Waals surface area contributed by atoms with Crippen LogP contribution in [0.3, 0.4) is 0 Å². The summed E-state index contributed by atoms with van der Waals surface area (Å²) in [4.78, 5) is 49.1. The molecule has 0 fully saturated rings. The first kappa shape index (κ1) is 16.4. The van der Waals surface area contributed by atoms with Crippen molar-refractivity contribution in [2.45, 2.75) is 13.8 Å². The molecule has 1 aromatic heterocycles. The van der Waals surface area contributed by atoms with E-state index in [0.29, 0.717) is 17.1 Å². The number of hydrogen-bond acceptors (Lipinski definition) is 5. The summed E-state index contributed by atoms with van der Waals surface area (Å²) in [5.41, 5.74) is 5.22. The number of hydrogen-bond donors (Lipinski definition) is 2. The lowest BCUT2D eigenvalue weighted by Crippen LogP contribution is -2.47. The molecule has 0 aliphatic carbocycles. The van der Waals surface area contributed by atoms with Crippen molar-refractivity contribution in [1.82, 2.24) is 15.8 Å². The van der Waals surface area contributed by atoms with Crippen LogP contribution in [0.4, 0.5) is 0 Å². The number of hydrazine groups is 1. The zero-order valence-electron chi connectivity index (χ0n) is 13.6. The van der Waals surface area contributed by atoms with Crippen LogP contribution >= 0.6 is 0 Å². The topological polar surface area (TPSA) is 109 Å². The Morgan fingerprint density at radius 1 is 1.04 bits per heavy atom. The number of nitrogens with one attached hydrogen (secondary N) is 2. The lowest BCUT2D eigenvalue weighted by Gasteiger charge is -2.13. The summed E-state index contributed by atoms with van der Waals surface area (Å²) in [6.07, 6.45) is 0. The fraction of sp³-hybridized carbons (Fsp3) is 0.176. The van der Waals surface area contributed by atoms with E-state index in [1.54, 1.807) is 32.0 Å². The molecule has 2 heterocycles. The van der Waals surface area contributed by atoms with Gasteiger partial charge in [-0.2, -0.15) is 0 Å². The highest BCUT2D eigenvalue weighted by Gasteiger charge is 2.36. The van der Waals surface area contributed by atoms with E-state index in [0.717, 1.165) is 4.90 Å². The van der Waals surface area contributed by atoms with Gasteiger partial charge in [0.1, 0.15) is 18.1 Å². The van der Waals surface area contributed by atoms with E-state index >= 15 is 0 Å². The predicted molar refractivity (Wildman–Crippen MR) is 85.6 cm³/mol. The minimum absolute atomic E-state index is 0.258. The van der Waals surface area contributed by atoms with Crippen molar-refractivity contribution in [2.24, 2.45) is 0 Å². The van der Waals surface area contributed by atoms with Crippen molar-refractivity contribution >= 4 is 23.6 Å². The summed E-state index contributed by atoms with van der Waals surface area (Å²) in [6.45, 7) is 2.84. The van der Waals surface area contributed by atoms with Gasteiger partial charge in [-0.15, -0.1) is 0 Å². The van der Waals surface area contributed by atoms with E-state index in [9.17, 15) is 19.2 Å². The number of imide groups is 1. The molecule has 2 N–H and O–H groups in total. The average Bonchev–Trinajstić information content (AvgIpc) is 3.05. The first-order valence-electron chi connectivity index (χ1n) is 7.50. The van der Waals surface area contributed by atoms with Gasteiger partial charge in [-0.1, -0.05) is 12.1 Å². The van der Waals surface area contributed by atoms with Crippen LogP contribution in [0, 0.1) is 13.8 Å². The third kappa shape index (κ3) is 3.01. The van der Waals surface area contributed by atoms with Crippen LogP contribution in [0.25, 0.3) is 0 Å². The first-order chi connectivity index (χ1) is 11.9. The largest absolute Gasteiger partial charge is 0.466 e. The molecule has 0 bridgehead atoms. The van der Waals surface area contributed by atoms with Crippen LogP contribution in [0.1, 0.15) is 42.6 Å². The molecule has 3 rings (SSSR count). The molecule has 4 amide bonds. The van der Waals surface area contributed by atoms with Gasteiger partial charge in [0, 0.05) is 0 Å². The van der Waals surface area contributed by atoms with Gasteiger partial charge in [0.2, 0.25) is 0 Å². The van der Waals surface area contributed by atoms with Crippen LogP contribution in [-0.2, 0) is 4.79 Å². The Bertz CT molecular complexity index is 864. The zero-order valence-corrected chi connectivity index (χ0v) is 13.6. The van der Waals surface area contributed by atoms with Gasteiger partial charge in [-0.25, -0.2) is 0 Å². The summed E-state index contributed by atoms with van der Waals surface area (Å²) in [7, 11) is 0. The number of amides is 4. The molecule has 0 spiro atoms. The Morgan fingerprint density at radius 2 is 1.64 bits per heavy atom. The Labute approximate surface area is 142 Å². The number of rotatable bonds is 3. The second-order valence-electron chi connectivity index (χ2n) is 5.57. The molecule has 2 aromatic rings. The Hall–Kier alpha value is -3.42. The van der Waals surface area contributed by atoms with Gasteiger partial charge in [-0.3, -0.25) is 34.9 Å². The summed E-state index contributed by atoms with van der Waals surface area (Å²) in [6, 6.07) is 7.88. The van der Waals surface area contributed by atoms with Gasteiger partial charge in [0.25, 0.3) is 23.6 Å². The van der Waals surface area contributed by atoms with Crippen LogP contribution in [0.15, 0.2) is 34.7 Å². The normalized spacial score (nSPS) is 13.0. The van der Waals surface area contributed by atoms with Crippen molar-refractivity contribution in [1.29, 1.82) is 0 Å². The third-order valence-electron chi connectivity index (χ3n) is 3.78. The molecule has 0 saturated carbocycles. The summed E-state index contributed by atoms with van der Waals surface area (Å²) in [5.74, 6) is -1.33. The Kier molecular flexibility index (Phi) is 4.10. The van der Waals surface area contributed by atoms with Gasteiger partial charge in [0.15, 0.2) is 0 Å². The molecule has 25 heavy (non-hydrogen) atoms.